The molecule has 6 heteroatoms. The number of rotatable bonds is 6. The van der Waals surface area contributed by atoms with Crippen molar-refractivity contribution >= 4 is 24.2 Å². The van der Waals surface area contributed by atoms with Crippen molar-refractivity contribution in [2.24, 2.45) is 11.7 Å². The summed E-state index contributed by atoms with van der Waals surface area (Å²) in [5, 5.41) is 6.19. The van der Waals surface area contributed by atoms with Gasteiger partial charge in [0.2, 0.25) is 11.8 Å². The molecule has 1 atom stereocenters. The van der Waals surface area contributed by atoms with Crippen LogP contribution in [0.25, 0.3) is 0 Å². The van der Waals surface area contributed by atoms with Crippen LogP contribution in [0.1, 0.15) is 35.2 Å². The normalized spacial score (nSPS) is 17.0. The van der Waals surface area contributed by atoms with E-state index in [1.165, 1.54) is 6.42 Å². The summed E-state index contributed by atoms with van der Waals surface area (Å²) < 4.78 is 0. The molecule has 1 heterocycles. The molecule has 0 aliphatic carbocycles. The highest BCUT2D eigenvalue weighted by atomic mass is 35.5. The van der Waals surface area contributed by atoms with Crippen LogP contribution in [-0.4, -0.2) is 24.9 Å². The highest BCUT2D eigenvalue weighted by molar-refractivity contribution is 5.92. The SMILES string of the molecule is Cl.NC(=O)c1ccc(CNC(=O)CCC2CCNC2)cc1. The summed E-state index contributed by atoms with van der Waals surface area (Å²) >= 11 is 0. The van der Waals surface area contributed by atoms with Gasteiger partial charge in [0.15, 0.2) is 0 Å². The van der Waals surface area contributed by atoms with Gasteiger partial charge in [0.25, 0.3) is 0 Å². The number of carbonyl (C=O) groups is 2. The Labute approximate surface area is 131 Å². The molecule has 0 bridgehead atoms. The molecule has 1 saturated heterocycles. The Kier molecular flexibility index (Phi) is 7.19. The van der Waals surface area contributed by atoms with Gasteiger partial charge in [-0.15, -0.1) is 12.4 Å². The molecule has 4 N–H and O–H groups in total. The molecular weight excluding hydrogens is 290 g/mol. The molecule has 2 amide bonds. The van der Waals surface area contributed by atoms with E-state index in [1.807, 2.05) is 0 Å². The predicted octanol–water partition coefficient (Wildman–Crippen LogP) is 1.21. The Morgan fingerprint density at radius 1 is 1.29 bits per heavy atom. The van der Waals surface area contributed by atoms with Crippen LogP contribution >= 0.6 is 12.4 Å². The summed E-state index contributed by atoms with van der Waals surface area (Å²) in [5.74, 6) is 0.275. The molecule has 5 nitrogen and oxygen atoms in total. The van der Waals surface area contributed by atoms with Gasteiger partial charge >= 0.3 is 0 Å². The van der Waals surface area contributed by atoms with Gasteiger partial charge in [0.05, 0.1) is 0 Å². The first-order valence-corrected chi connectivity index (χ1v) is 7.01. The largest absolute Gasteiger partial charge is 0.366 e. The van der Waals surface area contributed by atoms with Gasteiger partial charge < -0.3 is 16.4 Å². The lowest BCUT2D eigenvalue weighted by molar-refractivity contribution is -0.121. The third-order valence-corrected chi connectivity index (χ3v) is 3.67. The van der Waals surface area contributed by atoms with Crippen LogP contribution in [-0.2, 0) is 11.3 Å². The van der Waals surface area contributed by atoms with Gasteiger partial charge in [-0.25, -0.2) is 0 Å². The van der Waals surface area contributed by atoms with E-state index >= 15 is 0 Å². The van der Waals surface area contributed by atoms with Gasteiger partial charge in [-0.3, -0.25) is 9.59 Å². The molecular formula is C15H22ClN3O2. The number of halogens is 1. The van der Waals surface area contributed by atoms with Gasteiger partial charge in [0.1, 0.15) is 0 Å². The van der Waals surface area contributed by atoms with Crippen LogP contribution in [0.3, 0.4) is 0 Å². The molecule has 0 radical (unpaired) electrons. The lowest BCUT2D eigenvalue weighted by atomic mass is 10.0. The van der Waals surface area contributed by atoms with E-state index in [2.05, 4.69) is 10.6 Å². The molecule has 2 rings (SSSR count). The smallest absolute Gasteiger partial charge is 0.248 e. The number of nitrogens with two attached hydrogens (primary N) is 1. The summed E-state index contributed by atoms with van der Waals surface area (Å²) in [5.41, 5.74) is 6.62. The van der Waals surface area contributed by atoms with Crippen LogP contribution in [0.5, 0.6) is 0 Å². The zero-order valence-corrected chi connectivity index (χ0v) is 12.7. The van der Waals surface area contributed by atoms with Crippen LogP contribution < -0.4 is 16.4 Å². The Morgan fingerprint density at radius 3 is 2.57 bits per heavy atom. The Morgan fingerprint density at radius 2 is 2.00 bits per heavy atom. The second-order valence-corrected chi connectivity index (χ2v) is 5.24. The number of nitrogens with one attached hydrogen (secondary N) is 2. The second-order valence-electron chi connectivity index (χ2n) is 5.24. The maximum Gasteiger partial charge on any atom is 0.248 e. The predicted molar refractivity (Wildman–Crippen MR) is 84.3 cm³/mol. The molecule has 1 aromatic rings. The molecule has 0 saturated carbocycles. The fourth-order valence-electron chi connectivity index (χ4n) is 2.37. The fraction of sp³-hybridized carbons (Fsp3) is 0.467. The Balaban J connectivity index is 0.00000220. The quantitative estimate of drug-likeness (QED) is 0.738. The van der Waals surface area contributed by atoms with Crippen LogP contribution in [0.15, 0.2) is 24.3 Å². The van der Waals surface area contributed by atoms with E-state index < -0.39 is 5.91 Å². The van der Waals surface area contributed by atoms with Crippen molar-refractivity contribution in [2.75, 3.05) is 13.1 Å². The average molecular weight is 312 g/mol. The number of carbonyl (C=O) groups excluding carboxylic acids is 2. The van der Waals surface area contributed by atoms with E-state index in [4.69, 9.17) is 5.73 Å². The molecule has 1 unspecified atom stereocenters. The number of amides is 2. The molecule has 0 aromatic heterocycles. The summed E-state index contributed by atoms with van der Waals surface area (Å²) in [6, 6.07) is 6.96. The highest BCUT2D eigenvalue weighted by Gasteiger charge is 2.15. The van der Waals surface area contributed by atoms with Crippen molar-refractivity contribution in [2.45, 2.75) is 25.8 Å². The first kappa shape index (κ1) is 17.5. The van der Waals surface area contributed by atoms with E-state index in [0.717, 1.165) is 25.1 Å². The topological polar surface area (TPSA) is 84.2 Å². The number of benzene rings is 1. The molecule has 1 aliphatic heterocycles. The van der Waals surface area contributed by atoms with Crippen molar-refractivity contribution in [3.05, 3.63) is 35.4 Å². The minimum absolute atomic E-state index is 0. The zero-order valence-electron chi connectivity index (χ0n) is 11.9. The molecule has 21 heavy (non-hydrogen) atoms. The van der Waals surface area contributed by atoms with Gasteiger partial charge in [-0.1, -0.05) is 12.1 Å². The summed E-state index contributed by atoms with van der Waals surface area (Å²) in [4.78, 5) is 22.7. The first-order valence-electron chi connectivity index (χ1n) is 7.01. The van der Waals surface area contributed by atoms with E-state index in [9.17, 15) is 9.59 Å². The molecule has 1 fully saturated rings. The number of hydrogen-bond acceptors (Lipinski definition) is 3. The number of primary amides is 1. The molecule has 1 aromatic carbocycles. The zero-order chi connectivity index (χ0) is 14.4. The highest BCUT2D eigenvalue weighted by Crippen LogP contribution is 2.14. The summed E-state index contributed by atoms with van der Waals surface area (Å²) in [7, 11) is 0. The van der Waals surface area contributed by atoms with Crippen molar-refractivity contribution in [3.8, 4) is 0 Å². The molecule has 116 valence electrons. The van der Waals surface area contributed by atoms with E-state index in [1.54, 1.807) is 24.3 Å². The van der Waals surface area contributed by atoms with Crippen molar-refractivity contribution in [1.82, 2.24) is 10.6 Å². The minimum Gasteiger partial charge on any atom is -0.366 e. The van der Waals surface area contributed by atoms with E-state index in [0.29, 0.717) is 24.4 Å². The third kappa shape index (κ3) is 5.73. The van der Waals surface area contributed by atoms with Crippen LogP contribution in [0.4, 0.5) is 0 Å². The number of hydrogen-bond donors (Lipinski definition) is 3. The second kappa shape index (κ2) is 8.64. The third-order valence-electron chi connectivity index (χ3n) is 3.67. The van der Waals surface area contributed by atoms with Crippen LogP contribution in [0.2, 0.25) is 0 Å². The minimum atomic E-state index is -0.439. The average Bonchev–Trinajstić information content (AvgIpc) is 2.96. The van der Waals surface area contributed by atoms with Crippen LogP contribution in [0, 0.1) is 5.92 Å². The maximum atomic E-state index is 11.7. The Hall–Kier alpha value is -1.59. The van der Waals surface area contributed by atoms with Gasteiger partial charge in [0, 0.05) is 18.5 Å². The lowest BCUT2D eigenvalue weighted by Gasteiger charge is -2.09. The van der Waals surface area contributed by atoms with Gasteiger partial charge in [-0.2, -0.15) is 0 Å². The summed E-state index contributed by atoms with van der Waals surface area (Å²) in [6.07, 6.45) is 2.69. The Bertz CT molecular complexity index is 470. The first-order chi connectivity index (χ1) is 9.65. The van der Waals surface area contributed by atoms with E-state index in [-0.39, 0.29) is 18.3 Å². The van der Waals surface area contributed by atoms with Crippen molar-refractivity contribution in [3.63, 3.8) is 0 Å². The van der Waals surface area contributed by atoms with Gasteiger partial charge in [-0.05, 0) is 49.5 Å². The van der Waals surface area contributed by atoms with Crippen molar-refractivity contribution < 1.29 is 9.59 Å². The molecule has 0 spiro atoms. The summed E-state index contributed by atoms with van der Waals surface area (Å²) in [6.45, 7) is 2.58. The lowest BCUT2D eigenvalue weighted by Crippen LogP contribution is -2.23. The monoisotopic (exact) mass is 311 g/mol. The van der Waals surface area contributed by atoms with Crippen molar-refractivity contribution in [1.29, 1.82) is 0 Å². The molecule has 1 aliphatic rings. The fourth-order valence-corrected chi connectivity index (χ4v) is 2.37. The standard InChI is InChI=1S/C15H21N3O2.ClH/c16-15(20)13-4-1-11(2-5-13)10-18-14(19)6-3-12-7-8-17-9-12;/h1-2,4-5,12,17H,3,6-10H2,(H2,16,20)(H,18,19);1H. The maximum absolute atomic E-state index is 11.7.